The van der Waals surface area contributed by atoms with Crippen molar-refractivity contribution in [1.82, 2.24) is 9.55 Å². The van der Waals surface area contributed by atoms with Crippen LogP contribution in [0.2, 0.25) is 5.02 Å². The third-order valence-electron chi connectivity index (χ3n) is 6.70. The molecule has 3 heterocycles. The summed E-state index contributed by atoms with van der Waals surface area (Å²) in [5.74, 6) is -3.37. The van der Waals surface area contributed by atoms with Gasteiger partial charge in [-0.25, -0.2) is 13.8 Å². The second kappa shape index (κ2) is 10.6. The fourth-order valence-corrected chi connectivity index (χ4v) is 5.14. The van der Waals surface area contributed by atoms with Gasteiger partial charge in [0.15, 0.2) is 11.6 Å². The molecule has 0 aliphatic carbocycles. The quantitative estimate of drug-likeness (QED) is 0.274. The Hall–Kier alpha value is -4.44. The van der Waals surface area contributed by atoms with Gasteiger partial charge in [-0.1, -0.05) is 31.5 Å². The molecule has 0 spiro atoms. The molecule has 11 heteroatoms. The Labute approximate surface area is 233 Å². The molecular formula is C29H25ClF2N4O4. The standard InChI is InChI=1S/C29H25ClF2N4O4/c1-14(2)27-25(26-17-7-5-15(30)9-21(17)35-29(26)38)18(28(37)34-16-6-8-19(31)20(32)10-16)13-36(27)22-12-33-24(40-4)11-23(22)39-3/h5-14,26H,1-4H3,(H,34,37)(H,35,38). The first-order valence-electron chi connectivity index (χ1n) is 12.3. The van der Waals surface area contributed by atoms with Gasteiger partial charge in [-0.15, -0.1) is 0 Å². The van der Waals surface area contributed by atoms with Gasteiger partial charge in [0.05, 0.1) is 31.9 Å². The van der Waals surface area contributed by atoms with Crippen LogP contribution in [0.3, 0.4) is 0 Å². The number of nitrogens with one attached hydrogen (secondary N) is 2. The maximum Gasteiger partial charge on any atom is 0.257 e. The average Bonchev–Trinajstić information content (AvgIpc) is 3.46. The molecule has 8 nitrogen and oxygen atoms in total. The fourth-order valence-electron chi connectivity index (χ4n) is 4.97. The number of benzene rings is 2. The van der Waals surface area contributed by atoms with Crippen molar-refractivity contribution in [2.45, 2.75) is 25.7 Å². The minimum atomic E-state index is -1.10. The molecular weight excluding hydrogens is 542 g/mol. The summed E-state index contributed by atoms with van der Waals surface area (Å²) in [5.41, 5.74) is 3.02. The van der Waals surface area contributed by atoms with Crippen LogP contribution in [0.25, 0.3) is 5.69 Å². The van der Waals surface area contributed by atoms with E-state index in [4.69, 9.17) is 21.1 Å². The lowest BCUT2D eigenvalue weighted by atomic mass is 9.87. The Bertz CT molecular complexity index is 1650. The maximum atomic E-state index is 13.9. The number of anilines is 2. The van der Waals surface area contributed by atoms with Crippen molar-refractivity contribution in [2.24, 2.45) is 0 Å². The minimum absolute atomic E-state index is 0.0560. The predicted molar refractivity (Wildman–Crippen MR) is 147 cm³/mol. The molecule has 4 aromatic rings. The van der Waals surface area contributed by atoms with Gasteiger partial charge in [0.2, 0.25) is 11.8 Å². The smallest absolute Gasteiger partial charge is 0.257 e. The van der Waals surface area contributed by atoms with Gasteiger partial charge < -0.3 is 24.7 Å². The number of aromatic nitrogens is 2. The van der Waals surface area contributed by atoms with Gasteiger partial charge in [0, 0.05) is 46.0 Å². The molecule has 2 aromatic heterocycles. The van der Waals surface area contributed by atoms with Crippen LogP contribution in [0.4, 0.5) is 20.2 Å². The summed E-state index contributed by atoms with van der Waals surface area (Å²) in [6.07, 6.45) is 3.14. The monoisotopic (exact) mass is 566 g/mol. The highest BCUT2D eigenvalue weighted by Gasteiger charge is 2.39. The van der Waals surface area contributed by atoms with E-state index in [0.717, 1.165) is 12.1 Å². The van der Waals surface area contributed by atoms with E-state index in [1.165, 1.54) is 20.3 Å². The molecule has 0 bridgehead atoms. The van der Waals surface area contributed by atoms with E-state index in [0.29, 0.717) is 44.8 Å². The van der Waals surface area contributed by atoms with Crippen molar-refractivity contribution >= 4 is 34.8 Å². The number of carbonyl (C=O) groups excluding carboxylic acids is 2. The molecule has 2 amide bonds. The number of methoxy groups -OCH3 is 2. The molecule has 0 saturated heterocycles. The van der Waals surface area contributed by atoms with E-state index >= 15 is 0 Å². The van der Waals surface area contributed by atoms with Gasteiger partial charge in [-0.05, 0) is 35.7 Å². The number of pyridine rings is 1. The minimum Gasteiger partial charge on any atom is -0.494 e. The number of rotatable bonds is 7. The Morgan fingerprint density at radius 3 is 2.55 bits per heavy atom. The summed E-state index contributed by atoms with van der Waals surface area (Å²) in [5, 5.41) is 5.95. The van der Waals surface area contributed by atoms with Crippen LogP contribution in [0.5, 0.6) is 11.6 Å². The molecule has 40 heavy (non-hydrogen) atoms. The SMILES string of the molecule is COc1cc(OC)c(-n2cc(C(=O)Nc3ccc(F)c(F)c3)c(C3C(=O)Nc4cc(Cl)ccc43)c2C(C)C)cn1. The van der Waals surface area contributed by atoms with Crippen LogP contribution in [0, 0.1) is 11.6 Å². The van der Waals surface area contributed by atoms with Gasteiger partial charge in [-0.2, -0.15) is 0 Å². The second-order valence-electron chi connectivity index (χ2n) is 9.50. The van der Waals surface area contributed by atoms with Gasteiger partial charge in [0.25, 0.3) is 5.91 Å². The molecule has 1 aliphatic rings. The van der Waals surface area contributed by atoms with E-state index in [-0.39, 0.29) is 23.1 Å². The Kier molecular flexibility index (Phi) is 7.20. The normalized spacial score (nSPS) is 14.2. The summed E-state index contributed by atoms with van der Waals surface area (Å²) < 4.78 is 40.1. The molecule has 2 aromatic carbocycles. The van der Waals surface area contributed by atoms with Crippen LogP contribution in [0.1, 0.15) is 52.9 Å². The van der Waals surface area contributed by atoms with Gasteiger partial charge >= 0.3 is 0 Å². The number of ether oxygens (including phenoxy) is 2. The number of nitrogens with zero attached hydrogens (tertiary/aromatic N) is 2. The first kappa shape index (κ1) is 27.1. The summed E-state index contributed by atoms with van der Waals surface area (Å²) in [6, 6.07) is 9.76. The number of carbonyl (C=O) groups is 2. The molecule has 206 valence electrons. The van der Waals surface area contributed by atoms with E-state index < -0.39 is 23.5 Å². The van der Waals surface area contributed by atoms with Crippen molar-refractivity contribution in [3.05, 3.63) is 93.9 Å². The van der Waals surface area contributed by atoms with E-state index in [1.807, 2.05) is 13.8 Å². The zero-order chi connectivity index (χ0) is 28.7. The lowest BCUT2D eigenvalue weighted by Gasteiger charge is -2.19. The van der Waals surface area contributed by atoms with Crippen LogP contribution in [-0.2, 0) is 4.79 Å². The summed E-state index contributed by atoms with van der Waals surface area (Å²) >= 11 is 6.18. The van der Waals surface area contributed by atoms with Crippen LogP contribution < -0.4 is 20.1 Å². The molecule has 1 atom stereocenters. The van der Waals surface area contributed by atoms with Crippen molar-refractivity contribution in [3.8, 4) is 17.3 Å². The molecule has 2 N–H and O–H groups in total. The van der Waals surface area contributed by atoms with Crippen molar-refractivity contribution in [3.63, 3.8) is 0 Å². The molecule has 1 aliphatic heterocycles. The Balaban J connectivity index is 1.75. The molecule has 0 saturated carbocycles. The zero-order valence-corrected chi connectivity index (χ0v) is 22.8. The van der Waals surface area contributed by atoms with Crippen molar-refractivity contribution in [1.29, 1.82) is 0 Å². The Morgan fingerprint density at radius 2 is 1.88 bits per heavy atom. The van der Waals surface area contributed by atoms with Crippen molar-refractivity contribution < 1.29 is 27.8 Å². The van der Waals surface area contributed by atoms with Gasteiger partial charge in [0.1, 0.15) is 11.4 Å². The van der Waals surface area contributed by atoms with E-state index in [2.05, 4.69) is 15.6 Å². The lowest BCUT2D eigenvalue weighted by Crippen LogP contribution is -2.20. The summed E-state index contributed by atoms with van der Waals surface area (Å²) in [6.45, 7) is 3.87. The first-order chi connectivity index (χ1) is 19.1. The highest BCUT2D eigenvalue weighted by atomic mass is 35.5. The third kappa shape index (κ3) is 4.75. The number of halogens is 3. The lowest BCUT2D eigenvalue weighted by molar-refractivity contribution is -0.116. The molecule has 1 unspecified atom stereocenters. The topological polar surface area (TPSA) is 94.5 Å². The van der Waals surface area contributed by atoms with E-state index in [1.54, 1.807) is 41.2 Å². The summed E-state index contributed by atoms with van der Waals surface area (Å²) in [4.78, 5) is 31.5. The average molecular weight is 567 g/mol. The van der Waals surface area contributed by atoms with Crippen LogP contribution >= 0.6 is 11.6 Å². The number of hydrogen-bond donors (Lipinski definition) is 2. The highest BCUT2D eigenvalue weighted by Crippen LogP contribution is 2.45. The molecule has 0 fully saturated rings. The predicted octanol–water partition coefficient (Wildman–Crippen LogP) is 6.28. The second-order valence-corrected chi connectivity index (χ2v) is 9.94. The number of hydrogen-bond acceptors (Lipinski definition) is 5. The Morgan fingerprint density at radius 1 is 1.10 bits per heavy atom. The van der Waals surface area contributed by atoms with E-state index in [9.17, 15) is 18.4 Å². The number of amides is 2. The molecule has 0 radical (unpaired) electrons. The molecule has 5 rings (SSSR count). The largest absolute Gasteiger partial charge is 0.494 e. The first-order valence-corrected chi connectivity index (χ1v) is 12.7. The fraction of sp³-hybridized carbons (Fsp3) is 0.207. The van der Waals surface area contributed by atoms with Crippen LogP contribution in [-0.4, -0.2) is 35.6 Å². The maximum absolute atomic E-state index is 13.9. The highest BCUT2D eigenvalue weighted by molar-refractivity contribution is 6.31. The van der Waals surface area contributed by atoms with Gasteiger partial charge in [-0.3, -0.25) is 9.59 Å². The third-order valence-corrected chi connectivity index (χ3v) is 6.93. The summed E-state index contributed by atoms with van der Waals surface area (Å²) in [7, 11) is 2.98. The number of fused-ring (bicyclic) bond motifs is 1. The zero-order valence-electron chi connectivity index (χ0n) is 22.0. The van der Waals surface area contributed by atoms with Crippen molar-refractivity contribution in [2.75, 3.05) is 24.9 Å². The van der Waals surface area contributed by atoms with Crippen LogP contribution in [0.15, 0.2) is 54.9 Å².